The van der Waals surface area contributed by atoms with E-state index in [-0.39, 0.29) is 24.0 Å². The predicted molar refractivity (Wildman–Crippen MR) is 119 cm³/mol. The molecule has 6 heteroatoms. The number of hydrogen-bond acceptors (Lipinski definition) is 2. The van der Waals surface area contributed by atoms with Crippen molar-refractivity contribution in [3.63, 3.8) is 0 Å². The van der Waals surface area contributed by atoms with Crippen LogP contribution in [0.5, 0.6) is 0 Å². The SMILES string of the molecule is CN=C(NCc1ccccc1Cl)NCC1CCCN(CC(C)C)C1.I. The third-order valence-electron chi connectivity index (χ3n) is 4.41. The molecule has 0 bridgehead atoms. The average Bonchev–Trinajstić information content (AvgIpc) is 2.56. The Bertz CT molecular complexity index is 536. The van der Waals surface area contributed by atoms with Crippen LogP contribution in [0.2, 0.25) is 5.02 Å². The Morgan fingerprint density at radius 3 is 2.76 bits per heavy atom. The van der Waals surface area contributed by atoms with Gasteiger partial charge in [0.15, 0.2) is 5.96 Å². The van der Waals surface area contributed by atoms with Crippen molar-refractivity contribution in [2.24, 2.45) is 16.8 Å². The van der Waals surface area contributed by atoms with Crippen molar-refractivity contribution in [2.45, 2.75) is 33.2 Å². The van der Waals surface area contributed by atoms with Gasteiger partial charge < -0.3 is 15.5 Å². The lowest BCUT2D eigenvalue weighted by Gasteiger charge is -2.34. The Labute approximate surface area is 174 Å². The molecule has 0 amide bonds. The second kappa shape index (κ2) is 12.0. The van der Waals surface area contributed by atoms with Crippen molar-refractivity contribution in [3.8, 4) is 0 Å². The zero-order valence-corrected chi connectivity index (χ0v) is 18.7. The van der Waals surface area contributed by atoms with Gasteiger partial charge in [0.1, 0.15) is 0 Å². The lowest BCUT2D eigenvalue weighted by Crippen LogP contribution is -2.45. The first-order valence-corrected chi connectivity index (χ1v) is 9.36. The number of halogens is 2. The Balaban J connectivity index is 0.00000312. The largest absolute Gasteiger partial charge is 0.356 e. The van der Waals surface area contributed by atoms with Gasteiger partial charge in [-0.15, -0.1) is 24.0 Å². The maximum absolute atomic E-state index is 6.20. The van der Waals surface area contributed by atoms with Gasteiger partial charge in [-0.1, -0.05) is 43.6 Å². The number of hydrogen-bond donors (Lipinski definition) is 2. The molecule has 1 heterocycles. The van der Waals surface area contributed by atoms with Crippen LogP contribution in [0.15, 0.2) is 29.3 Å². The van der Waals surface area contributed by atoms with Crippen LogP contribution >= 0.6 is 35.6 Å². The molecule has 2 N–H and O–H groups in total. The minimum absolute atomic E-state index is 0. The third kappa shape index (κ3) is 8.13. The van der Waals surface area contributed by atoms with E-state index in [2.05, 4.69) is 34.4 Å². The molecule has 1 aromatic rings. The van der Waals surface area contributed by atoms with Crippen LogP contribution in [0.4, 0.5) is 0 Å². The third-order valence-corrected chi connectivity index (χ3v) is 4.78. The molecule has 25 heavy (non-hydrogen) atoms. The van der Waals surface area contributed by atoms with Crippen molar-refractivity contribution in [1.82, 2.24) is 15.5 Å². The minimum atomic E-state index is 0. The number of guanidine groups is 1. The first-order valence-electron chi connectivity index (χ1n) is 8.98. The van der Waals surface area contributed by atoms with E-state index < -0.39 is 0 Å². The van der Waals surface area contributed by atoms with Gasteiger partial charge in [-0.2, -0.15) is 0 Å². The topological polar surface area (TPSA) is 39.7 Å². The van der Waals surface area contributed by atoms with Crippen LogP contribution in [0.25, 0.3) is 0 Å². The molecule has 1 fully saturated rings. The molecule has 1 aliphatic heterocycles. The zero-order valence-electron chi connectivity index (χ0n) is 15.6. The van der Waals surface area contributed by atoms with Gasteiger partial charge in [-0.25, -0.2) is 0 Å². The van der Waals surface area contributed by atoms with Gasteiger partial charge in [0, 0.05) is 38.2 Å². The summed E-state index contributed by atoms with van der Waals surface area (Å²) in [5.74, 6) is 2.27. The molecule has 1 atom stereocenters. The minimum Gasteiger partial charge on any atom is -0.356 e. The molecule has 0 radical (unpaired) electrons. The van der Waals surface area contributed by atoms with Gasteiger partial charge in [0.25, 0.3) is 0 Å². The van der Waals surface area contributed by atoms with E-state index in [1.807, 2.05) is 31.3 Å². The standard InChI is InChI=1S/C19H31ClN4.HI/c1-15(2)13-24-10-6-7-16(14-24)11-22-19(21-3)23-12-17-8-4-5-9-18(17)20;/h4-5,8-9,15-16H,6-7,10-14H2,1-3H3,(H2,21,22,23);1H. The summed E-state index contributed by atoms with van der Waals surface area (Å²) >= 11 is 6.20. The summed E-state index contributed by atoms with van der Waals surface area (Å²) in [5.41, 5.74) is 1.09. The van der Waals surface area contributed by atoms with E-state index in [1.54, 1.807) is 0 Å². The lowest BCUT2D eigenvalue weighted by molar-refractivity contribution is 0.159. The second-order valence-corrected chi connectivity index (χ2v) is 7.47. The van der Waals surface area contributed by atoms with Crippen molar-refractivity contribution in [3.05, 3.63) is 34.9 Å². The van der Waals surface area contributed by atoms with Crippen LogP contribution in [0, 0.1) is 11.8 Å². The normalized spacial score (nSPS) is 18.8. The Morgan fingerprint density at radius 1 is 1.32 bits per heavy atom. The molecule has 1 unspecified atom stereocenters. The van der Waals surface area contributed by atoms with E-state index in [1.165, 1.54) is 32.5 Å². The van der Waals surface area contributed by atoms with E-state index >= 15 is 0 Å². The number of nitrogens with zero attached hydrogens (tertiary/aromatic N) is 2. The summed E-state index contributed by atoms with van der Waals surface area (Å²) in [7, 11) is 1.81. The summed E-state index contributed by atoms with van der Waals surface area (Å²) in [6.45, 7) is 9.88. The molecule has 0 aromatic heterocycles. The number of likely N-dealkylation sites (tertiary alicyclic amines) is 1. The summed E-state index contributed by atoms with van der Waals surface area (Å²) in [6, 6.07) is 7.91. The maximum atomic E-state index is 6.20. The number of rotatable bonds is 6. The quantitative estimate of drug-likeness (QED) is 0.369. The number of piperidine rings is 1. The van der Waals surface area contributed by atoms with Crippen LogP contribution < -0.4 is 10.6 Å². The first kappa shape index (κ1) is 22.5. The monoisotopic (exact) mass is 478 g/mol. The van der Waals surface area contributed by atoms with E-state index in [0.717, 1.165) is 29.0 Å². The lowest BCUT2D eigenvalue weighted by atomic mass is 9.97. The predicted octanol–water partition coefficient (Wildman–Crippen LogP) is 3.99. The zero-order chi connectivity index (χ0) is 17.4. The van der Waals surface area contributed by atoms with Gasteiger partial charge in [0.05, 0.1) is 0 Å². The smallest absolute Gasteiger partial charge is 0.191 e. The molecule has 0 spiro atoms. The van der Waals surface area contributed by atoms with Crippen molar-refractivity contribution < 1.29 is 0 Å². The molecule has 2 rings (SSSR count). The van der Waals surface area contributed by atoms with Gasteiger partial charge in [0.2, 0.25) is 0 Å². The summed E-state index contributed by atoms with van der Waals surface area (Å²) in [5, 5.41) is 7.61. The summed E-state index contributed by atoms with van der Waals surface area (Å²) in [4.78, 5) is 6.92. The van der Waals surface area contributed by atoms with E-state index in [0.29, 0.717) is 12.5 Å². The van der Waals surface area contributed by atoms with Gasteiger partial charge in [-0.3, -0.25) is 4.99 Å². The van der Waals surface area contributed by atoms with E-state index in [9.17, 15) is 0 Å². The Morgan fingerprint density at radius 2 is 2.08 bits per heavy atom. The highest BCUT2D eigenvalue weighted by molar-refractivity contribution is 14.0. The van der Waals surface area contributed by atoms with Gasteiger partial charge in [-0.05, 0) is 42.9 Å². The average molecular weight is 479 g/mol. The molecule has 0 saturated carbocycles. The van der Waals surface area contributed by atoms with Crippen molar-refractivity contribution in [2.75, 3.05) is 33.2 Å². The van der Waals surface area contributed by atoms with Crippen molar-refractivity contribution in [1.29, 1.82) is 0 Å². The molecule has 0 aliphatic carbocycles. The van der Waals surface area contributed by atoms with Crippen LogP contribution in [0.3, 0.4) is 0 Å². The fourth-order valence-corrected chi connectivity index (χ4v) is 3.49. The van der Waals surface area contributed by atoms with Crippen LogP contribution in [-0.2, 0) is 6.54 Å². The number of nitrogens with one attached hydrogen (secondary N) is 2. The van der Waals surface area contributed by atoms with Gasteiger partial charge >= 0.3 is 0 Å². The summed E-state index contributed by atoms with van der Waals surface area (Å²) in [6.07, 6.45) is 2.59. The summed E-state index contributed by atoms with van der Waals surface area (Å²) < 4.78 is 0. The number of benzene rings is 1. The Kier molecular flexibility index (Phi) is 10.8. The maximum Gasteiger partial charge on any atom is 0.191 e. The Hall–Kier alpha value is -0.530. The highest BCUT2D eigenvalue weighted by Crippen LogP contribution is 2.17. The molecule has 1 saturated heterocycles. The van der Waals surface area contributed by atoms with Crippen LogP contribution in [0.1, 0.15) is 32.3 Å². The molecule has 4 nitrogen and oxygen atoms in total. The first-order chi connectivity index (χ1) is 11.6. The molecular formula is C19H32ClIN4. The molecular weight excluding hydrogens is 447 g/mol. The molecule has 142 valence electrons. The number of aliphatic imine (C=N–C) groups is 1. The highest BCUT2D eigenvalue weighted by Gasteiger charge is 2.20. The second-order valence-electron chi connectivity index (χ2n) is 7.06. The van der Waals surface area contributed by atoms with E-state index in [4.69, 9.17) is 11.6 Å². The van der Waals surface area contributed by atoms with Crippen molar-refractivity contribution >= 4 is 41.5 Å². The van der Waals surface area contributed by atoms with Crippen LogP contribution in [-0.4, -0.2) is 44.1 Å². The highest BCUT2D eigenvalue weighted by atomic mass is 127. The fourth-order valence-electron chi connectivity index (χ4n) is 3.28. The fraction of sp³-hybridized carbons (Fsp3) is 0.632. The molecule has 1 aliphatic rings. The molecule has 1 aromatic carbocycles.